The maximum atomic E-state index is 15.1. The first-order chi connectivity index (χ1) is 21.6. The van der Waals surface area contributed by atoms with Crippen LogP contribution < -0.4 is 14.8 Å². The highest BCUT2D eigenvalue weighted by molar-refractivity contribution is 5.91. The lowest BCUT2D eigenvalue weighted by atomic mass is 10.0. The first kappa shape index (κ1) is 30.7. The van der Waals surface area contributed by atoms with Crippen molar-refractivity contribution < 1.29 is 36.6 Å². The lowest BCUT2D eigenvalue weighted by molar-refractivity contribution is -0.161. The summed E-state index contributed by atoms with van der Waals surface area (Å²) in [6.45, 7) is 4.38. The molecule has 10 nitrogen and oxygen atoms in total. The zero-order valence-electron chi connectivity index (χ0n) is 24.8. The number of morpholine rings is 1. The Balaban J connectivity index is 1.12. The Morgan fingerprint density at radius 2 is 1.84 bits per heavy atom. The molecule has 1 N–H and O–H groups in total. The van der Waals surface area contributed by atoms with Crippen molar-refractivity contribution in [2.45, 2.75) is 30.9 Å². The molecule has 0 radical (unpaired) electrons. The van der Waals surface area contributed by atoms with Crippen LogP contribution in [0.15, 0.2) is 42.6 Å². The predicted molar refractivity (Wildman–Crippen MR) is 157 cm³/mol. The van der Waals surface area contributed by atoms with Crippen molar-refractivity contribution in [3.63, 3.8) is 0 Å². The fourth-order valence-electron chi connectivity index (χ4n) is 5.38. The molecule has 14 heteroatoms. The van der Waals surface area contributed by atoms with E-state index in [0.717, 1.165) is 19.6 Å². The van der Waals surface area contributed by atoms with Gasteiger partial charge in [0.25, 0.3) is 0 Å². The summed E-state index contributed by atoms with van der Waals surface area (Å²) in [5.74, 6) is -0.0759. The molecule has 2 aliphatic rings. The van der Waals surface area contributed by atoms with Gasteiger partial charge in [0.15, 0.2) is 11.5 Å². The van der Waals surface area contributed by atoms with Crippen LogP contribution in [0.3, 0.4) is 0 Å². The van der Waals surface area contributed by atoms with E-state index in [-0.39, 0.29) is 36.3 Å². The predicted octanol–water partition coefficient (Wildman–Crippen LogP) is 4.66. The van der Waals surface area contributed by atoms with Crippen molar-refractivity contribution in [2.75, 3.05) is 51.9 Å². The molecule has 45 heavy (non-hydrogen) atoms. The minimum absolute atomic E-state index is 0.0429. The van der Waals surface area contributed by atoms with E-state index in [1.165, 1.54) is 43.2 Å². The number of benzene rings is 2. The third-order valence-corrected chi connectivity index (χ3v) is 8.23. The zero-order chi connectivity index (χ0) is 31.8. The van der Waals surface area contributed by atoms with Gasteiger partial charge in [0.2, 0.25) is 5.91 Å². The number of nitrogens with zero attached hydrogens (tertiary/aromatic N) is 5. The van der Waals surface area contributed by atoms with Crippen molar-refractivity contribution in [3.05, 3.63) is 59.7 Å². The third kappa shape index (κ3) is 6.43. The summed E-state index contributed by atoms with van der Waals surface area (Å²) in [5, 5.41) is 6.52. The summed E-state index contributed by atoms with van der Waals surface area (Å²) in [4.78, 5) is 24.1. The molecule has 6 rings (SSSR count). The number of hydrogen-bond acceptors (Lipinski definition) is 8. The van der Waals surface area contributed by atoms with E-state index in [1.807, 2.05) is 0 Å². The molecule has 1 aliphatic carbocycles. The highest BCUT2D eigenvalue weighted by Gasteiger charge is 2.65. The van der Waals surface area contributed by atoms with E-state index in [4.69, 9.17) is 14.2 Å². The first-order valence-corrected chi connectivity index (χ1v) is 14.5. The van der Waals surface area contributed by atoms with Gasteiger partial charge in [0.05, 0.1) is 55.4 Å². The van der Waals surface area contributed by atoms with Gasteiger partial charge in [0, 0.05) is 50.4 Å². The molecule has 0 bridgehead atoms. The monoisotopic (exact) mass is 628 g/mol. The molecule has 2 aromatic carbocycles. The molecule has 238 valence electrons. The number of hydrogen-bond donors (Lipinski definition) is 1. The summed E-state index contributed by atoms with van der Waals surface area (Å²) in [7, 11) is 2.98. The van der Waals surface area contributed by atoms with E-state index >= 15 is 4.39 Å². The number of rotatable bonds is 10. The lowest BCUT2D eigenvalue weighted by Gasteiger charge is -2.26. The van der Waals surface area contributed by atoms with Gasteiger partial charge in [-0.15, -0.1) is 0 Å². The average molecular weight is 629 g/mol. The van der Waals surface area contributed by atoms with E-state index in [0.29, 0.717) is 53.6 Å². The Labute approximate surface area is 256 Å². The van der Waals surface area contributed by atoms with Crippen LogP contribution in [0.1, 0.15) is 24.1 Å². The van der Waals surface area contributed by atoms with Crippen LogP contribution in [-0.2, 0) is 28.4 Å². The van der Waals surface area contributed by atoms with Gasteiger partial charge in [-0.3, -0.25) is 19.4 Å². The minimum Gasteiger partial charge on any atom is -0.493 e. The number of anilines is 1. The minimum atomic E-state index is -4.42. The van der Waals surface area contributed by atoms with E-state index in [1.54, 1.807) is 18.2 Å². The number of halogens is 4. The molecule has 2 aromatic heterocycles. The molecule has 0 spiro atoms. The second-order valence-corrected chi connectivity index (χ2v) is 11.2. The molecule has 1 saturated heterocycles. The number of aromatic nitrogens is 4. The number of aryl methyl sites for hydroxylation is 1. The van der Waals surface area contributed by atoms with Crippen LogP contribution in [0, 0.1) is 5.82 Å². The van der Waals surface area contributed by atoms with Crippen LogP contribution in [0.25, 0.3) is 22.3 Å². The van der Waals surface area contributed by atoms with Crippen molar-refractivity contribution in [2.24, 2.45) is 7.05 Å². The Kier molecular flexibility index (Phi) is 8.35. The topological polar surface area (TPSA) is 104 Å². The maximum absolute atomic E-state index is 15.1. The number of fused-ring (bicyclic) bond motifs is 1. The van der Waals surface area contributed by atoms with Crippen molar-refractivity contribution >= 4 is 22.8 Å². The van der Waals surface area contributed by atoms with Crippen LogP contribution in [0.5, 0.6) is 11.5 Å². The van der Waals surface area contributed by atoms with Crippen molar-refractivity contribution in [1.82, 2.24) is 24.6 Å². The van der Waals surface area contributed by atoms with Crippen LogP contribution in [0.2, 0.25) is 0 Å². The number of amides is 1. The molecule has 1 amide bonds. The average Bonchev–Trinajstić information content (AvgIpc) is 3.77. The second-order valence-electron chi connectivity index (χ2n) is 11.2. The Morgan fingerprint density at radius 3 is 2.53 bits per heavy atom. The van der Waals surface area contributed by atoms with Gasteiger partial charge >= 0.3 is 6.18 Å². The first-order valence-electron chi connectivity index (χ1n) is 14.5. The van der Waals surface area contributed by atoms with Gasteiger partial charge in [-0.1, -0.05) is 12.1 Å². The van der Waals surface area contributed by atoms with Gasteiger partial charge in [-0.05, 0) is 24.5 Å². The number of methoxy groups -OCH3 is 1. The van der Waals surface area contributed by atoms with E-state index in [9.17, 15) is 18.0 Å². The zero-order valence-corrected chi connectivity index (χ0v) is 24.8. The number of nitrogens with one attached hydrogen (secondary N) is 1. The molecular weight excluding hydrogens is 596 g/mol. The van der Waals surface area contributed by atoms with Crippen LogP contribution >= 0.6 is 0 Å². The van der Waals surface area contributed by atoms with Crippen molar-refractivity contribution in [3.8, 4) is 22.8 Å². The molecule has 1 saturated carbocycles. The quantitative estimate of drug-likeness (QED) is 0.253. The van der Waals surface area contributed by atoms with Gasteiger partial charge in [0.1, 0.15) is 23.7 Å². The molecular formula is C31H32F4N6O4. The summed E-state index contributed by atoms with van der Waals surface area (Å²) in [6.07, 6.45) is -3.31. The number of alkyl halides is 3. The molecule has 4 aromatic rings. The Bertz CT molecular complexity index is 1720. The number of ether oxygens (including phenoxy) is 3. The smallest absolute Gasteiger partial charge is 0.400 e. The summed E-state index contributed by atoms with van der Waals surface area (Å²) < 4.78 is 73.7. The Hall–Kier alpha value is -4.30. The van der Waals surface area contributed by atoms with Gasteiger partial charge in [-0.2, -0.15) is 18.3 Å². The molecule has 3 heterocycles. The SMILES string of the molecule is COc1cc2nc(-c3ccc(CC(=O)Nc4cc(C5(C(F)(F)F)CC5)nn4C)c(F)c3)cnc2cc1OCCN1CCOCC1. The van der Waals surface area contributed by atoms with Gasteiger partial charge in [-0.25, -0.2) is 9.37 Å². The molecule has 0 unspecified atom stereocenters. The largest absolute Gasteiger partial charge is 0.493 e. The van der Waals surface area contributed by atoms with Crippen LogP contribution in [0.4, 0.5) is 23.4 Å². The van der Waals surface area contributed by atoms with Crippen LogP contribution in [-0.4, -0.2) is 83.3 Å². The highest BCUT2D eigenvalue weighted by Crippen LogP contribution is 2.58. The summed E-state index contributed by atoms with van der Waals surface area (Å²) >= 11 is 0. The molecule has 0 atom stereocenters. The standard InChI is InChI=1S/C31H32F4N6O4/c1-40-28(17-27(39-40)30(5-6-30)31(33,34)35)38-29(42)14-19-3-4-20(13-21(19)32)24-18-36-22-15-26(25(43-2)16-23(22)37-24)45-12-9-41-7-10-44-11-8-41/h3-4,13,15-18H,5-12,14H2,1-2H3,(H,38,42). The normalized spacial score (nSPS) is 16.5. The number of carbonyl (C=O) groups is 1. The van der Waals surface area contributed by atoms with E-state index < -0.39 is 23.3 Å². The Morgan fingerprint density at radius 1 is 1.09 bits per heavy atom. The fourth-order valence-corrected chi connectivity index (χ4v) is 5.38. The van der Waals surface area contributed by atoms with Crippen molar-refractivity contribution in [1.29, 1.82) is 0 Å². The fraction of sp³-hybridized carbons (Fsp3) is 0.419. The highest BCUT2D eigenvalue weighted by atomic mass is 19.4. The molecule has 2 fully saturated rings. The van der Waals surface area contributed by atoms with Gasteiger partial charge < -0.3 is 19.5 Å². The summed E-state index contributed by atoms with van der Waals surface area (Å²) in [5.41, 5.74) is -0.00732. The second kappa shape index (κ2) is 12.2. The van der Waals surface area contributed by atoms with E-state index in [2.05, 4.69) is 25.3 Å². The maximum Gasteiger partial charge on any atom is 0.400 e. The lowest BCUT2D eigenvalue weighted by Crippen LogP contribution is -2.38. The molecule has 1 aliphatic heterocycles. The number of carbonyl (C=O) groups excluding carboxylic acids is 1. The third-order valence-electron chi connectivity index (χ3n) is 8.23. The summed E-state index contributed by atoms with van der Waals surface area (Å²) in [6, 6.07) is 9.07.